The average Bonchev–Trinajstić information content (AvgIpc) is 2.32. The number of hydrogen-bond acceptors (Lipinski definition) is 3. The fourth-order valence-electron chi connectivity index (χ4n) is 1.78. The molecule has 0 saturated heterocycles. The maximum absolute atomic E-state index is 11.4. The van der Waals surface area contributed by atoms with Gasteiger partial charge in [-0.1, -0.05) is 23.7 Å². The number of carbonyl (C=O) groups excluding carboxylic acids is 1. The molecule has 0 unspecified atom stereocenters. The van der Waals surface area contributed by atoms with Crippen molar-refractivity contribution in [3.63, 3.8) is 0 Å². The fourth-order valence-corrected chi connectivity index (χ4v) is 2.12. The highest BCUT2D eigenvalue weighted by Crippen LogP contribution is 2.28. The zero-order valence-corrected chi connectivity index (χ0v) is 10.6. The van der Waals surface area contributed by atoms with Gasteiger partial charge in [0, 0.05) is 5.39 Å². The van der Waals surface area contributed by atoms with Crippen LogP contribution in [0.4, 0.5) is 0 Å². The molecule has 0 atom stereocenters. The van der Waals surface area contributed by atoms with E-state index in [1.165, 1.54) is 7.11 Å². The lowest BCUT2D eigenvalue weighted by Gasteiger charge is -2.08. The van der Waals surface area contributed by atoms with Crippen LogP contribution in [0.25, 0.3) is 10.8 Å². The number of rotatable bonds is 1. The molecule has 1 aromatic heterocycles. The van der Waals surface area contributed by atoms with E-state index in [9.17, 15) is 4.79 Å². The molecule has 88 valence electrons. The van der Waals surface area contributed by atoms with Gasteiger partial charge in [0.05, 0.1) is 7.11 Å². The summed E-state index contributed by atoms with van der Waals surface area (Å²) in [6.45, 7) is 4.00. The number of carbonyl (C=O) groups is 1. The van der Waals surface area contributed by atoms with Gasteiger partial charge < -0.3 is 4.74 Å². The van der Waals surface area contributed by atoms with Crippen molar-refractivity contribution in [2.24, 2.45) is 0 Å². The van der Waals surface area contributed by atoms with E-state index >= 15 is 0 Å². The number of aromatic nitrogens is 1. The van der Waals surface area contributed by atoms with Crippen LogP contribution in [-0.2, 0) is 4.74 Å². The lowest BCUT2D eigenvalue weighted by molar-refractivity contribution is 0.0594. The van der Waals surface area contributed by atoms with Crippen molar-refractivity contribution in [1.29, 1.82) is 0 Å². The minimum atomic E-state index is -0.480. The maximum Gasteiger partial charge on any atom is 0.356 e. The molecule has 0 radical (unpaired) electrons. The summed E-state index contributed by atoms with van der Waals surface area (Å²) in [6.07, 6.45) is 0. The summed E-state index contributed by atoms with van der Waals surface area (Å²) < 4.78 is 4.63. The predicted molar refractivity (Wildman–Crippen MR) is 67.6 cm³/mol. The van der Waals surface area contributed by atoms with Crippen molar-refractivity contribution in [1.82, 2.24) is 4.98 Å². The minimum absolute atomic E-state index is 0.230. The number of halogens is 1. The monoisotopic (exact) mass is 249 g/mol. The third-order valence-corrected chi connectivity index (χ3v) is 3.15. The van der Waals surface area contributed by atoms with Gasteiger partial charge in [-0.25, -0.2) is 9.78 Å². The Labute approximate surface area is 104 Å². The minimum Gasteiger partial charge on any atom is -0.464 e. The number of aryl methyl sites for hydroxylation is 2. The van der Waals surface area contributed by atoms with Gasteiger partial charge in [0.15, 0.2) is 5.69 Å². The first-order chi connectivity index (χ1) is 8.04. The molecular formula is C13H12ClNO2. The first kappa shape index (κ1) is 11.9. The van der Waals surface area contributed by atoms with Gasteiger partial charge in [-0.3, -0.25) is 0 Å². The van der Waals surface area contributed by atoms with Crippen molar-refractivity contribution >= 4 is 28.3 Å². The van der Waals surface area contributed by atoms with E-state index in [1.807, 2.05) is 26.0 Å². The van der Waals surface area contributed by atoms with Crippen LogP contribution in [0.15, 0.2) is 18.2 Å². The summed E-state index contributed by atoms with van der Waals surface area (Å²) >= 11 is 6.12. The molecule has 0 aliphatic carbocycles. The van der Waals surface area contributed by atoms with E-state index in [-0.39, 0.29) is 5.69 Å². The highest BCUT2D eigenvalue weighted by Gasteiger charge is 2.13. The lowest BCUT2D eigenvalue weighted by atomic mass is 10.0. The number of ether oxygens (including phenoxy) is 1. The third-order valence-electron chi connectivity index (χ3n) is 2.88. The topological polar surface area (TPSA) is 39.2 Å². The zero-order valence-electron chi connectivity index (χ0n) is 9.87. The quantitative estimate of drug-likeness (QED) is 0.575. The van der Waals surface area contributed by atoms with E-state index in [2.05, 4.69) is 9.72 Å². The highest BCUT2D eigenvalue weighted by molar-refractivity contribution is 6.34. The summed E-state index contributed by atoms with van der Waals surface area (Å²) in [7, 11) is 1.32. The Morgan fingerprint density at radius 2 is 2.06 bits per heavy atom. The molecule has 17 heavy (non-hydrogen) atoms. The molecule has 0 bridgehead atoms. The Morgan fingerprint density at radius 3 is 2.71 bits per heavy atom. The van der Waals surface area contributed by atoms with E-state index in [4.69, 9.17) is 11.6 Å². The lowest BCUT2D eigenvalue weighted by Crippen LogP contribution is -2.04. The van der Waals surface area contributed by atoms with Crippen molar-refractivity contribution in [3.8, 4) is 0 Å². The summed E-state index contributed by atoms with van der Waals surface area (Å²) in [6, 6.07) is 5.62. The van der Waals surface area contributed by atoms with Gasteiger partial charge in [-0.2, -0.15) is 0 Å². The van der Waals surface area contributed by atoms with Crippen LogP contribution in [0.3, 0.4) is 0 Å². The van der Waals surface area contributed by atoms with Gasteiger partial charge >= 0.3 is 5.97 Å². The molecule has 0 aliphatic heterocycles. The zero-order chi connectivity index (χ0) is 12.6. The third kappa shape index (κ3) is 1.98. The Hall–Kier alpha value is -1.61. The molecule has 2 rings (SSSR count). The maximum atomic E-state index is 11.4. The van der Waals surface area contributed by atoms with Crippen molar-refractivity contribution in [3.05, 3.63) is 40.2 Å². The van der Waals surface area contributed by atoms with Crippen LogP contribution in [0.5, 0.6) is 0 Å². The van der Waals surface area contributed by atoms with Crippen LogP contribution < -0.4 is 0 Å². The average molecular weight is 250 g/mol. The molecule has 1 heterocycles. The van der Waals surface area contributed by atoms with E-state index < -0.39 is 5.97 Å². The molecule has 0 spiro atoms. The smallest absolute Gasteiger partial charge is 0.356 e. The second kappa shape index (κ2) is 4.34. The molecule has 1 aromatic carbocycles. The molecule has 0 aliphatic rings. The Bertz CT molecular complexity index is 608. The summed E-state index contributed by atoms with van der Waals surface area (Å²) in [5, 5.41) is 2.12. The predicted octanol–water partition coefficient (Wildman–Crippen LogP) is 3.29. The van der Waals surface area contributed by atoms with E-state index in [0.29, 0.717) is 5.15 Å². The van der Waals surface area contributed by atoms with Gasteiger partial charge in [0.25, 0.3) is 0 Å². The van der Waals surface area contributed by atoms with E-state index in [1.54, 1.807) is 6.07 Å². The largest absolute Gasteiger partial charge is 0.464 e. The number of esters is 1. The molecule has 2 aromatic rings. The number of benzene rings is 1. The molecular weight excluding hydrogens is 238 g/mol. The Kier molecular flexibility index (Phi) is 3.03. The van der Waals surface area contributed by atoms with Crippen molar-refractivity contribution in [2.45, 2.75) is 13.8 Å². The number of pyridine rings is 1. The SMILES string of the molecule is COC(=O)c1cc2ccc(C)c(C)c2c(Cl)n1. The van der Waals surface area contributed by atoms with Crippen molar-refractivity contribution in [2.75, 3.05) is 7.11 Å². The Morgan fingerprint density at radius 1 is 1.35 bits per heavy atom. The molecule has 0 saturated carbocycles. The molecule has 4 heteroatoms. The molecule has 0 fully saturated rings. The van der Waals surface area contributed by atoms with Crippen molar-refractivity contribution < 1.29 is 9.53 Å². The highest BCUT2D eigenvalue weighted by atomic mass is 35.5. The Balaban J connectivity index is 2.76. The molecule has 0 N–H and O–H groups in total. The summed E-state index contributed by atoms with van der Waals surface area (Å²) in [4.78, 5) is 15.5. The molecule has 3 nitrogen and oxygen atoms in total. The van der Waals surface area contributed by atoms with Crippen LogP contribution in [-0.4, -0.2) is 18.1 Å². The van der Waals surface area contributed by atoms with Crippen LogP contribution in [0, 0.1) is 13.8 Å². The van der Waals surface area contributed by atoms with Gasteiger partial charge in [-0.15, -0.1) is 0 Å². The standard InChI is InChI=1S/C13H12ClNO2/c1-7-4-5-9-6-10(13(16)17-3)15-12(14)11(9)8(7)2/h4-6H,1-3H3. The number of nitrogens with zero attached hydrogens (tertiary/aromatic N) is 1. The van der Waals surface area contributed by atoms with Crippen LogP contribution in [0.2, 0.25) is 5.15 Å². The first-order valence-corrected chi connectivity index (χ1v) is 5.57. The van der Waals surface area contributed by atoms with E-state index in [0.717, 1.165) is 21.9 Å². The normalized spacial score (nSPS) is 10.6. The summed E-state index contributed by atoms with van der Waals surface area (Å²) in [5.74, 6) is -0.480. The second-order valence-electron chi connectivity index (χ2n) is 3.90. The summed E-state index contributed by atoms with van der Waals surface area (Å²) in [5.41, 5.74) is 2.46. The number of methoxy groups -OCH3 is 1. The van der Waals surface area contributed by atoms with Gasteiger partial charge in [0.1, 0.15) is 5.15 Å². The first-order valence-electron chi connectivity index (χ1n) is 5.19. The number of fused-ring (bicyclic) bond motifs is 1. The molecule has 0 amide bonds. The van der Waals surface area contributed by atoms with Gasteiger partial charge in [-0.05, 0) is 36.4 Å². The number of hydrogen-bond donors (Lipinski definition) is 0. The van der Waals surface area contributed by atoms with Gasteiger partial charge in [0.2, 0.25) is 0 Å². The second-order valence-corrected chi connectivity index (χ2v) is 4.25. The fraction of sp³-hybridized carbons (Fsp3) is 0.231. The van der Waals surface area contributed by atoms with Crippen LogP contribution >= 0.6 is 11.6 Å². The van der Waals surface area contributed by atoms with Crippen LogP contribution in [0.1, 0.15) is 21.6 Å².